The van der Waals surface area contributed by atoms with Gasteiger partial charge in [-0.05, 0) is 123 Å². The number of hydrogen-bond donors (Lipinski definition) is 0. The Morgan fingerprint density at radius 1 is 0.360 bits per heavy atom. The highest BCUT2D eigenvalue weighted by atomic mass is 16.3. The van der Waals surface area contributed by atoms with E-state index in [1.54, 1.807) is 0 Å². The highest BCUT2D eigenvalue weighted by molar-refractivity contribution is 6.26. The molecule has 0 spiro atoms. The number of allylic oxidation sites excluding steroid dienone is 3. The molecule has 0 unspecified atom stereocenters. The van der Waals surface area contributed by atoms with Crippen molar-refractivity contribution in [3.8, 4) is 0 Å². The predicted octanol–water partition coefficient (Wildman–Crippen LogP) is 21.3. The molecule has 2 fully saturated rings. The van der Waals surface area contributed by atoms with Gasteiger partial charge in [-0.25, -0.2) is 0 Å². The molecule has 2 saturated carbocycles. The summed E-state index contributed by atoms with van der Waals surface area (Å²) in [7, 11) is 0. The Bertz CT molecular complexity index is 4320. The number of benzene rings is 9. The zero-order chi connectivity index (χ0) is 49.7. The van der Waals surface area contributed by atoms with E-state index in [0.29, 0.717) is 11.8 Å². The summed E-state index contributed by atoms with van der Waals surface area (Å²) in [5.41, 5.74) is 17.4. The Labute approximate surface area is 437 Å². The third-order valence-corrected chi connectivity index (χ3v) is 17.6. The van der Waals surface area contributed by atoms with Gasteiger partial charge in [0, 0.05) is 65.2 Å². The molecule has 3 aliphatic rings. The van der Waals surface area contributed by atoms with Crippen molar-refractivity contribution in [3.05, 3.63) is 198 Å². The summed E-state index contributed by atoms with van der Waals surface area (Å²) in [6.45, 7) is 4.52. The maximum Gasteiger partial charge on any atom is 0.159 e. The fourth-order valence-corrected chi connectivity index (χ4v) is 13.9. The summed E-state index contributed by atoms with van der Waals surface area (Å²) >= 11 is 0. The van der Waals surface area contributed by atoms with E-state index in [0.717, 1.165) is 118 Å². The molecule has 75 heavy (non-hydrogen) atoms. The number of para-hydroxylation sites is 5. The molecule has 5 nitrogen and oxygen atoms in total. The number of aryl methyl sites for hydroxylation is 1. The minimum atomic E-state index is 0.511. The first kappa shape index (κ1) is 44.5. The zero-order valence-corrected chi connectivity index (χ0v) is 42.9. The van der Waals surface area contributed by atoms with Crippen molar-refractivity contribution in [2.45, 2.75) is 103 Å². The molecule has 3 heterocycles. The fourth-order valence-electron chi connectivity index (χ4n) is 13.9. The Balaban J connectivity index is 1.000. The highest BCUT2D eigenvalue weighted by Crippen LogP contribution is 2.52. The summed E-state index contributed by atoms with van der Waals surface area (Å²) in [5, 5.41) is 11.2. The van der Waals surface area contributed by atoms with Crippen LogP contribution in [-0.2, 0) is 0 Å². The van der Waals surface area contributed by atoms with Gasteiger partial charge in [-0.3, -0.25) is 0 Å². The Morgan fingerprint density at radius 2 is 0.773 bits per heavy atom. The first-order valence-corrected chi connectivity index (χ1v) is 27.8. The lowest BCUT2D eigenvalue weighted by Crippen LogP contribution is -2.18. The Hall–Kier alpha value is -8.02. The van der Waals surface area contributed by atoms with Gasteiger partial charge in [0.1, 0.15) is 22.3 Å². The van der Waals surface area contributed by atoms with Crippen LogP contribution < -0.4 is 9.80 Å². The molecule has 368 valence electrons. The van der Waals surface area contributed by atoms with Crippen molar-refractivity contribution in [1.29, 1.82) is 0 Å². The number of fused-ring (bicyclic) bond motifs is 13. The van der Waals surface area contributed by atoms with E-state index in [4.69, 9.17) is 13.3 Å². The topological polar surface area (TPSA) is 45.9 Å². The van der Waals surface area contributed by atoms with Gasteiger partial charge in [-0.2, -0.15) is 0 Å². The summed E-state index contributed by atoms with van der Waals surface area (Å²) in [5.74, 6) is 1.03. The first-order valence-electron chi connectivity index (χ1n) is 27.8. The molecule has 5 heteroatoms. The van der Waals surface area contributed by atoms with Gasteiger partial charge < -0.3 is 23.1 Å². The quantitative estimate of drug-likeness (QED) is 0.152. The molecular formula is C70H60N2O3. The van der Waals surface area contributed by atoms with Crippen LogP contribution in [0.4, 0.5) is 28.4 Å². The maximum absolute atomic E-state index is 7.32. The van der Waals surface area contributed by atoms with E-state index in [2.05, 4.69) is 194 Å². The molecule has 15 rings (SSSR count). The zero-order valence-electron chi connectivity index (χ0n) is 42.9. The van der Waals surface area contributed by atoms with Crippen LogP contribution in [0.2, 0.25) is 0 Å². The molecule has 0 saturated heterocycles. The van der Waals surface area contributed by atoms with Crippen LogP contribution in [0.5, 0.6) is 0 Å². The van der Waals surface area contributed by atoms with E-state index in [9.17, 15) is 0 Å². The summed E-state index contributed by atoms with van der Waals surface area (Å²) < 4.78 is 21.9. The number of rotatable bonds is 8. The van der Waals surface area contributed by atoms with Crippen molar-refractivity contribution in [2.75, 3.05) is 9.80 Å². The van der Waals surface area contributed by atoms with Gasteiger partial charge in [-0.15, -0.1) is 0 Å². The minimum absolute atomic E-state index is 0.511. The highest BCUT2D eigenvalue weighted by Gasteiger charge is 2.30. The molecule has 3 aromatic heterocycles. The van der Waals surface area contributed by atoms with Gasteiger partial charge in [0.2, 0.25) is 0 Å². The molecule has 0 bridgehead atoms. The third-order valence-electron chi connectivity index (χ3n) is 17.6. The normalized spacial score (nSPS) is 16.1. The monoisotopic (exact) mass is 976 g/mol. The molecule has 0 atom stereocenters. The van der Waals surface area contributed by atoms with Crippen molar-refractivity contribution in [3.63, 3.8) is 0 Å². The minimum Gasteiger partial charge on any atom is -0.455 e. The smallest absolute Gasteiger partial charge is 0.159 e. The van der Waals surface area contributed by atoms with E-state index in [1.165, 1.54) is 103 Å². The van der Waals surface area contributed by atoms with Gasteiger partial charge in [0.05, 0.1) is 22.7 Å². The number of hydrogen-bond acceptors (Lipinski definition) is 5. The Morgan fingerprint density at radius 3 is 1.31 bits per heavy atom. The second-order valence-corrected chi connectivity index (χ2v) is 21.9. The lowest BCUT2D eigenvalue weighted by molar-refractivity contribution is 0.442. The molecule has 12 aromatic rings. The molecule has 0 N–H and O–H groups in total. The van der Waals surface area contributed by atoms with Crippen molar-refractivity contribution in [2.24, 2.45) is 0 Å². The summed E-state index contributed by atoms with van der Waals surface area (Å²) in [4.78, 5) is 4.96. The van der Waals surface area contributed by atoms with Gasteiger partial charge in [-0.1, -0.05) is 172 Å². The summed E-state index contributed by atoms with van der Waals surface area (Å²) in [6, 6.07) is 58.3. The lowest BCUT2D eigenvalue weighted by atomic mass is 9.83. The molecule has 0 amide bonds. The van der Waals surface area contributed by atoms with E-state index in [1.807, 2.05) is 0 Å². The van der Waals surface area contributed by atoms with Crippen LogP contribution in [0.3, 0.4) is 0 Å². The van der Waals surface area contributed by atoms with Gasteiger partial charge in [0.25, 0.3) is 0 Å². The maximum atomic E-state index is 7.32. The molecule has 0 radical (unpaired) electrons. The van der Waals surface area contributed by atoms with Crippen molar-refractivity contribution >= 4 is 116 Å². The van der Waals surface area contributed by atoms with Crippen LogP contribution in [-0.4, -0.2) is 0 Å². The van der Waals surface area contributed by atoms with E-state index < -0.39 is 0 Å². The number of furan rings is 3. The van der Waals surface area contributed by atoms with Crippen LogP contribution in [0, 0.1) is 6.92 Å². The third kappa shape index (κ3) is 7.03. The molecule has 9 aromatic carbocycles. The van der Waals surface area contributed by atoms with Gasteiger partial charge >= 0.3 is 0 Å². The first-order chi connectivity index (χ1) is 37.1. The molecular weight excluding hydrogens is 917 g/mol. The van der Waals surface area contributed by atoms with Crippen LogP contribution in [0.15, 0.2) is 194 Å². The molecule has 0 aliphatic heterocycles. The summed E-state index contributed by atoms with van der Waals surface area (Å²) in [6.07, 6.45) is 19.3. The van der Waals surface area contributed by atoms with Crippen LogP contribution >= 0.6 is 0 Å². The van der Waals surface area contributed by atoms with Gasteiger partial charge in [0.15, 0.2) is 11.2 Å². The van der Waals surface area contributed by atoms with Crippen LogP contribution in [0.1, 0.15) is 112 Å². The fraction of sp³-hybridized carbons (Fsp3) is 0.229. The van der Waals surface area contributed by atoms with Crippen molar-refractivity contribution < 1.29 is 13.3 Å². The molecule has 3 aliphatic carbocycles. The van der Waals surface area contributed by atoms with E-state index >= 15 is 0 Å². The standard InChI is InChI=1S/C70H60N2O3/c1-43-21-9-15-37-59(43)71(61-39-19-35-55-53-33-17-31-47(65(53)74-69(55)61)45-23-5-3-6-24-45)63-41-57-58-42-64(50-28-12-14-30-52(50)68(58)73-67(57)51-29-13-11-27-49(51)63)72(60-38-16-10-22-44(60)2)62-40-20-36-56-54-34-18-32-48(66(54)75-70(56)62)46-25-7-4-8-26-46/h9,11-21,27-42,45-46H,3-8,10,22-26H2,1-2H3. The second kappa shape index (κ2) is 17.8. The number of nitrogens with zero attached hydrogens (tertiary/aromatic N) is 2. The van der Waals surface area contributed by atoms with E-state index in [-0.39, 0.29) is 0 Å². The Kier molecular flexibility index (Phi) is 10.6. The van der Waals surface area contributed by atoms with Crippen LogP contribution in [0.25, 0.3) is 87.4 Å². The SMILES string of the molecule is CC1=C(N(c2cc3c4cc(N(c5ccccc5C)c5cccc6c5oc5c(C7CCCCC7)cccc56)c5ccccc5c4oc3c3ccccc23)c2cccc3c2oc2c(C4CCCCC4)cccc23)C=CCC1. The van der Waals surface area contributed by atoms with Crippen molar-refractivity contribution in [1.82, 2.24) is 0 Å². The average Bonchev–Trinajstić information content (AvgIpc) is 4.19. The second-order valence-electron chi connectivity index (χ2n) is 21.9. The average molecular weight is 977 g/mol. The predicted molar refractivity (Wildman–Crippen MR) is 314 cm³/mol. The largest absolute Gasteiger partial charge is 0.455 e. The lowest BCUT2D eigenvalue weighted by Gasteiger charge is -2.30. The number of anilines is 5.